The molecule has 174 valence electrons. The Balaban J connectivity index is 1.56. The molecule has 0 aliphatic rings. The van der Waals surface area contributed by atoms with Crippen LogP contribution < -0.4 is 9.29 Å². The highest BCUT2D eigenvalue weighted by Gasteiger charge is 2.24. The molecule has 0 bridgehead atoms. The van der Waals surface area contributed by atoms with E-state index in [0.29, 0.717) is 17.6 Å². The van der Waals surface area contributed by atoms with Crippen molar-refractivity contribution in [3.8, 4) is 5.82 Å². The van der Waals surface area contributed by atoms with Gasteiger partial charge in [0.25, 0.3) is 27.9 Å². The Labute approximate surface area is 200 Å². The van der Waals surface area contributed by atoms with Crippen LogP contribution in [0.2, 0.25) is 0 Å². The second-order valence-electron chi connectivity index (χ2n) is 7.72. The Hall–Kier alpha value is -4.64. The van der Waals surface area contributed by atoms with Gasteiger partial charge in [-0.2, -0.15) is 4.57 Å². The third kappa shape index (κ3) is 4.70. The number of nitrogens with zero attached hydrogens (tertiary/aromatic N) is 5. The first-order valence-electron chi connectivity index (χ1n) is 10.5. The van der Waals surface area contributed by atoms with Crippen molar-refractivity contribution < 1.29 is 17.9 Å². The number of benzene rings is 3. The van der Waals surface area contributed by atoms with Gasteiger partial charge in [0.2, 0.25) is 5.82 Å². The lowest BCUT2D eigenvalue weighted by atomic mass is 10.2. The molecule has 0 atom stereocenters. The fourth-order valence-electron chi connectivity index (χ4n) is 3.60. The van der Waals surface area contributed by atoms with Crippen LogP contribution in [0.3, 0.4) is 0 Å². The van der Waals surface area contributed by atoms with Crippen molar-refractivity contribution in [3.63, 3.8) is 0 Å². The van der Waals surface area contributed by atoms with Crippen LogP contribution in [0.15, 0.2) is 102 Å². The number of para-hydroxylation sites is 2. The molecule has 0 aliphatic carbocycles. The Morgan fingerprint density at radius 3 is 2.40 bits per heavy atom. The number of nitro benzene ring substituents is 1. The summed E-state index contributed by atoms with van der Waals surface area (Å²) in [7, 11) is -4.19. The molecule has 5 aromatic rings. The first-order chi connectivity index (χ1) is 16.9. The number of imidazole rings is 1. The number of hydrogen-bond acceptors (Lipinski definition) is 6. The van der Waals surface area contributed by atoms with E-state index in [2.05, 4.69) is 14.7 Å². The van der Waals surface area contributed by atoms with E-state index >= 15 is 0 Å². The highest BCUT2D eigenvalue weighted by Crippen LogP contribution is 2.24. The van der Waals surface area contributed by atoms with Crippen LogP contribution in [-0.2, 0) is 16.6 Å². The summed E-state index contributed by atoms with van der Waals surface area (Å²) in [5, 5.41) is 11.1. The number of nitrogens with one attached hydrogen (secondary N) is 1. The zero-order valence-electron chi connectivity index (χ0n) is 18.2. The van der Waals surface area contributed by atoms with E-state index < -0.39 is 14.9 Å². The highest BCUT2D eigenvalue weighted by atomic mass is 32.2. The van der Waals surface area contributed by atoms with Crippen LogP contribution in [0, 0.1) is 10.1 Å². The minimum atomic E-state index is -4.19. The third-order valence-electron chi connectivity index (χ3n) is 5.27. The standard InChI is InChI=1S/C24H19N6O4S/c31-30(32)19-9-6-10-20(15-19)35(33,34)27-23-24(26-22-12-5-4-11-21(22)25-23)29-14-13-28(17-29)16-18-7-2-1-3-8-18/h1-15,17H,16H2,(H,25,27)/q+1. The van der Waals surface area contributed by atoms with E-state index in [1.807, 2.05) is 47.2 Å². The number of non-ortho nitro benzene ring substituents is 1. The average Bonchev–Trinajstić information content (AvgIpc) is 3.32. The van der Waals surface area contributed by atoms with Crippen LogP contribution >= 0.6 is 0 Å². The first-order valence-corrected chi connectivity index (χ1v) is 12.0. The maximum absolute atomic E-state index is 13.1. The molecule has 0 aliphatic heterocycles. The van der Waals surface area contributed by atoms with E-state index in [0.717, 1.165) is 11.6 Å². The third-order valence-corrected chi connectivity index (χ3v) is 6.60. The van der Waals surface area contributed by atoms with Crippen molar-refractivity contribution in [2.24, 2.45) is 0 Å². The number of aromatic nitrogens is 4. The number of nitro groups is 1. The molecule has 0 radical (unpaired) electrons. The van der Waals surface area contributed by atoms with Gasteiger partial charge in [0.15, 0.2) is 0 Å². The quantitative estimate of drug-likeness (QED) is 0.213. The molecule has 35 heavy (non-hydrogen) atoms. The molecule has 0 saturated heterocycles. The lowest BCUT2D eigenvalue weighted by Gasteiger charge is -2.10. The van der Waals surface area contributed by atoms with Gasteiger partial charge in [0, 0.05) is 12.1 Å². The van der Waals surface area contributed by atoms with E-state index in [4.69, 9.17) is 0 Å². The Bertz CT molecular complexity index is 1650. The van der Waals surface area contributed by atoms with Gasteiger partial charge in [-0.05, 0) is 23.8 Å². The van der Waals surface area contributed by atoms with Crippen molar-refractivity contribution >= 4 is 32.6 Å². The van der Waals surface area contributed by atoms with E-state index in [1.165, 1.54) is 18.2 Å². The van der Waals surface area contributed by atoms with Gasteiger partial charge in [0.05, 0.1) is 20.9 Å². The summed E-state index contributed by atoms with van der Waals surface area (Å²) in [6.45, 7) is 0.615. The van der Waals surface area contributed by atoms with Crippen molar-refractivity contribution in [2.45, 2.75) is 11.4 Å². The molecule has 0 unspecified atom stereocenters. The topological polar surface area (TPSA) is 124 Å². The molecule has 2 heterocycles. The van der Waals surface area contributed by atoms with E-state index in [1.54, 1.807) is 35.3 Å². The molecule has 0 fully saturated rings. The van der Waals surface area contributed by atoms with Crippen LogP contribution in [0.1, 0.15) is 5.56 Å². The van der Waals surface area contributed by atoms with Crippen molar-refractivity contribution in [2.75, 3.05) is 4.72 Å². The second kappa shape index (κ2) is 8.95. The number of fused-ring (bicyclic) bond motifs is 1. The highest BCUT2D eigenvalue weighted by molar-refractivity contribution is 7.92. The van der Waals surface area contributed by atoms with Gasteiger partial charge in [-0.25, -0.2) is 23.0 Å². The molecule has 11 heteroatoms. The summed E-state index contributed by atoms with van der Waals surface area (Å²) >= 11 is 0. The van der Waals surface area contributed by atoms with Gasteiger partial charge in [-0.1, -0.05) is 48.5 Å². The number of sulfonamides is 1. The molecule has 0 saturated carbocycles. The number of anilines is 1. The van der Waals surface area contributed by atoms with Crippen LogP contribution in [0.25, 0.3) is 16.9 Å². The molecule has 5 rings (SSSR count). The molecule has 1 N–H and O–H groups in total. The predicted octanol–water partition coefficient (Wildman–Crippen LogP) is 3.47. The summed E-state index contributed by atoms with van der Waals surface area (Å²) in [5.74, 6) is 0.266. The number of rotatable bonds is 7. The Morgan fingerprint density at radius 1 is 0.943 bits per heavy atom. The largest absolute Gasteiger partial charge is 0.270 e. The molecule has 0 spiro atoms. The van der Waals surface area contributed by atoms with Crippen LogP contribution in [0.4, 0.5) is 11.5 Å². The second-order valence-corrected chi connectivity index (χ2v) is 9.41. The average molecular weight is 488 g/mol. The van der Waals surface area contributed by atoms with Crippen molar-refractivity contribution in [1.29, 1.82) is 0 Å². The normalized spacial score (nSPS) is 11.4. The fourth-order valence-corrected chi connectivity index (χ4v) is 4.64. The first kappa shape index (κ1) is 22.2. The minimum absolute atomic E-state index is 0.00216. The van der Waals surface area contributed by atoms with Gasteiger partial charge in [0.1, 0.15) is 18.9 Å². The smallest absolute Gasteiger partial charge is 0.258 e. The lowest BCUT2D eigenvalue weighted by molar-refractivity contribution is -0.687. The lowest BCUT2D eigenvalue weighted by Crippen LogP contribution is -2.31. The minimum Gasteiger partial charge on any atom is -0.258 e. The van der Waals surface area contributed by atoms with Crippen LogP contribution in [-0.4, -0.2) is 27.9 Å². The summed E-state index contributed by atoms with van der Waals surface area (Å²) in [5.41, 5.74) is 1.86. The maximum atomic E-state index is 13.1. The SMILES string of the molecule is O=[N+]([O-])c1cccc(S(=O)(=O)Nc2nc3ccccc3nc2-n2cc[n+](Cc3ccccc3)c2)c1. The Kier molecular flexibility index (Phi) is 5.67. The summed E-state index contributed by atoms with van der Waals surface area (Å²) in [4.78, 5) is 19.4. The van der Waals surface area contributed by atoms with Crippen molar-refractivity contribution in [3.05, 3.63) is 113 Å². The molecule has 0 amide bonds. The zero-order chi connectivity index (χ0) is 24.4. The molecule has 10 nitrogen and oxygen atoms in total. The van der Waals surface area contributed by atoms with E-state index in [9.17, 15) is 18.5 Å². The van der Waals surface area contributed by atoms with Gasteiger partial charge in [-0.15, -0.1) is 0 Å². The number of hydrogen-bond donors (Lipinski definition) is 1. The summed E-state index contributed by atoms with van der Waals surface area (Å²) in [6.07, 6.45) is 5.40. The van der Waals surface area contributed by atoms with Crippen LogP contribution in [0.5, 0.6) is 0 Å². The summed E-state index contributed by atoms with van der Waals surface area (Å²) < 4.78 is 32.3. The molecule has 2 aromatic heterocycles. The predicted molar refractivity (Wildman–Crippen MR) is 129 cm³/mol. The molecular weight excluding hydrogens is 468 g/mol. The van der Waals surface area contributed by atoms with Gasteiger partial charge >= 0.3 is 0 Å². The molecular formula is C24H19N6O4S+. The molecule has 3 aromatic carbocycles. The van der Waals surface area contributed by atoms with Gasteiger partial charge in [-0.3, -0.25) is 14.8 Å². The zero-order valence-corrected chi connectivity index (χ0v) is 19.0. The monoisotopic (exact) mass is 487 g/mol. The van der Waals surface area contributed by atoms with Gasteiger partial charge < -0.3 is 0 Å². The maximum Gasteiger partial charge on any atom is 0.270 e. The summed E-state index contributed by atoms with van der Waals surface area (Å²) in [6, 6.07) is 21.8. The Morgan fingerprint density at radius 2 is 1.66 bits per heavy atom. The van der Waals surface area contributed by atoms with Crippen molar-refractivity contribution in [1.82, 2.24) is 14.5 Å². The van der Waals surface area contributed by atoms with E-state index in [-0.39, 0.29) is 22.2 Å². The fraction of sp³-hybridized carbons (Fsp3) is 0.0417.